The van der Waals surface area contributed by atoms with Crippen molar-refractivity contribution in [1.29, 1.82) is 0 Å². The van der Waals surface area contributed by atoms with Gasteiger partial charge in [-0.1, -0.05) is 44.2 Å². The lowest BCUT2D eigenvalue weighted by molar-refractivity contribution is -0.190. The number of benzene rings is 2. The molecule has 0 unspecified atom stereocenters. The average molecular weight is 501 g/mol. The van der Waals surface area contributed by atoms with Crippen LogP contribution in [0.25, 0.3) is 0 Å². The fourth-order valence-corrected chi connectivity index (χ4v) is 4.93. The maximum Gasteiger partial charge on any atom is 0.425 e. The van der Waals surface area contributed by atoms with Crippen LogP contribution < -0.4 is 10.1 Å². The molecule has 1 N–H and O–H groups in total. The number of amides is 2. The van der Waals surface area contributed by atoms with E-state index in [1.165, 1.54) is 31.4 Å². The highest BCUT2D eigenvalue weighted by Gasteiger charge is 2.71. The minimum atomic E-state index is -5.24. The lowest BCUT2D eigenvalue weighted by atomic mass is 9.72. The maximum absolute atomic E-state index is 14.9. The molecule has 0 bridgehead atoms. The monoisotopic (exact) mass is 500 g/mol. The van der Waals surface area contributed by atoms with Crippen LogP contribution in [0.2, 0.25) is 0 Å². The number of allylic oxidation sites excluding steroid dienone is 1. The Morgan fingerprint density at radius 2 is 1.67 bits per heavy atom. The Hall–Kier alpha value is -3.62. The predicted molar refractivity (Wildman–Crippen MR) is 126 cm³/mol. The third-order valence-electron chi connectivity index (χ3n) is 6.66. The van der Waals surface area contributed by atoms with Gasteiger partial charge in [0.15, 0.2) is 5.78 Å². The summed E-state index contributed by atoms with van der Waals surface area (Å²) in [6, 6.07) is 14.5. The second-order valence-electron chi connectivity index (χ2n) is 9.89. The zero-order valence-electron chi connectivity index (χ0n) is 20.2. The number of Topliss-reactive ketones (excluding diaryl/α,β-unsaturated/α-hetero) is 1. The summed E-state index contributed by atoms with van der Waals surface area (Å²) < 4.78 is 49.6. The number of hydrogen-bond donors (Lipinski definition) is 1. The molecule has 36 heavy (non-hydrogen) atoms. The molecule has 2 aromatic rings. The number of rotatable bonds is 6. The molecule has 6 nitrogen and oxygen atoms in total. The standard InChI is InChI=1S/C27H27F3N2O4/c1-25(2)15-20-22(21(33)16-25)26(27(28,29)30,31-23(34)18-9-11-19(36-3)12-10-18)24(35)32(20)14-13-17-7-5-4-6-8-17/h4-12H,13-16H2,1-3H3,(H,31,34)/t26-/m0/s1. The number of ketones is 1. The van der Waals surface area contributed by atoms with Gasteiger partial charge in [0.1, 0.15) is 5.75 Å². The summed E-state index contributed by atoms with van der Waals surface area (Å²) in [6.45, 7) is 3.50. The van der Waals surface area contributed by atoms with Crippen molar-refractivity contribution in [2.45, 2.75) is 44.8 Å². The lowest BCUT2D eigenvalue weighted by Crippen LogP contribution is -2.66. The van der Waals surface area contributed by atoms with Gasteiger partial charge >= 0.3 is 6.18 Å². The molecule has 190 valence electrons. The molecule has 1 aliphatic carbocycles. The Balaban J connectivity index is 1.79. The van der Waals surface area contributed by atoms with Gasteiger partial charge < -0.3 is 15.0 Å². The quantitative estimate of drug-likeness (QED) is 0.636. The highest BCUT2D eigenvalue weighted by molar-refractivity contribution is 6.14. The van der Waals surface area contributed by atoms with Crippen LogP contribution in [-0.4, -0.2) is 47.9 Å². The van der Waals surface area contributed by atoms with Crippen LogP contribution in [0.1, 0.15) is 42.6 Å². The number of ether oxygens (including phenoxy) is 1. The van der Waals surface area contributed by atoms with E-state index in [0.29, 0.717) is 12.2 Å². The number of halogens is 3. The summed E-state index contributed by atoms with van der Waals surface area (Å²) in [6.07, 6.45) is -5.02. The van der Waals surface area contributed by atoms with Gasteiger partial charge in [-0.05, 0) is 48.1 Å². The molecule has 9 heteroatoms. The second-order valence-corrected chi connectivity index (χ2v) is 9.89. The first-order chi connectivity index (χ1) is 16.9. The molecule has 0 radical (unpaired) electrons. The van der Waals surface area contributed by atoms with E-state index in [4.69, 9.17) is 4.74 Å². The molecular formula is C27H27F3N2O4. The van der Waals surface area contributed by atoms with E-state index in [1.54, 1.807) is 26.0 Å². The number of carbonyl (C=O) groups excluding carboxylic acids is 3. The van der Waals surface area contributed by atoms with Gasteiger partial charge in [0, 0.05) is 24.2 Å². The van der Waals surface area contributed by atoms with Crippen molar-refractivity contribution in [1.82, 2.24) is 10.2 Å². The molecule has 0 fully saturated rings. The molecule has 2 aromatic carbocycles. The zero-order chi connectivity index (χ0) is 26.3. The van der Waals surface area contributed by atoms with Gasteiger partial charge in [0.05, 0.1) is 12.7 Å². The summed E-state index contributed by atoms with van der Waals surface area (Å²) >= 11 is 0. The first-order valence-corrected chi connectivity index (χ1v) is 11.6. The van der Waals surface area contributed by atoms with Crippen molar-refractivity contribution in [3.63, 3.8) is 0 Å². The van der Waals surface area contributed by atoms with Gasteiger partial charge in [-0.25, -0.2) is 0 Å². The van der Waals surface area contributed by atoms with E-state index in [0.717, 1.165) is 10.5 Å². The minimum absolute atomic E-state index is 0.0320. The lowest BCUT2D eigenvalue weighted by Gasteiger charge is -2.35. The number of carbonyl (C=O) groups is 3. The second kappa shape index (κ2) is 9.11. The predicted octanol–water partition coefficient (Wildman–Crippen LogP) is 4.45. The highest BCUT2D eigenvalue weighted by Crippen LogP contribution is 2.51. The van der Waals surface area contributed by atoms with E-state index in [2.05, 4.69) is 0 Å². The van der Waals surface area contributed by atoms with Crippen molar-refractivity contribution in [3.05, 3.63) is 77.0 Å². The van der Waals surface area contributed by atoms with Crippen LogP contribution in [0.4, 0.5) is 13.2 Å². The number of methoxy groups -OCH3 is 1. The molecular weight excluding hydrogens is 473 g/mol. The Bertz CT molecular complexity index is 1220. The summed E-state index contributed by atoms with van der Waals surface area (Å²) in [5.74, 6) is -2.85. The minimum Gasteiger partial charge on any atom is -0.497 e. The topological polar surface area (TPSA) is 75.7 Å². The normalized spacial score (nSPS) is 21.4. The Morgan fingerprint density at radius 1 is 1.03 bits per heavy atom. The summed E-state index contributed by atoms with van der Waals surface area (Å²) in [5.41, 5.74) is -3.99. The molecule has 1 heterocycles. The van der Waals surface area contributed by atoms with Crippen LogP contribution in [0, 0.1) is 5.41 Å². The van der Waals surface area contributed by atoms with E-state index in [-0.39, 0.29) is 30.6 Å². The molecule has 1 atom stereocenters. The molecule has 0 saturated carbocycles. The first-order valence-electron chi connectivity index (χ1n) is 11.6. The highest BCUT2D eigenvalue weighted by atomic mass is 19.4. The molecule has 2 amide bonds. The molecule has 0 saturated heterocycles. The maximum atomic E-state index is 14.9. The van der Waals surface area contributed by atoms with Crippen molar-refractivity contribution in [2.24, 2.45) is 5.41 Å². The SMILES string of the molecule is COc1ccc(C(=O)N[C@]2(C(F)(F)F)C(=O)N(CCc3ccccc3)C3=C2C(=O)CC(C)(C)C3)cc1. The van der Waals surface area contributed by atoms with Crippen molar-refractivity contribution in [2.75, 3.05) is 13.7 Å². The number of hydrogen-bond acceptors (Lipinski definition) is 4. The van der Waals surface area contributed by atoms with Crippen LogP contribution in [0.3, 0.4) is 0 Å². The van der Waals surface area contributed by atoms with Crippen molar-refractivity contribution < 1.29 is 32.3 Å². The average Bonchev–Trinajstić information content (AvgIpc) is 3.05. The van der Waals surface area contributed by atoms with Gasteiger partial charge in [0.2, 0.25) is 5.54 Å². The summed E-state index contributed by atoms with van der Waals surface area (Å²) in [4.78, 5) is 41.0. The zero-order valence-corrected chi connectivity index (χ0v) is 20.2. The van der Waals surface area contributed by atoms with E-state index in [1.807, 2.05) is 23.5 Å². The van der Waals surface area contributed by atoms with Crippen LogP contribution in [-0.2, 0) is 16.0 Å². The van der Waals surface area contributed by atoms with Gasteiger partial charge in [-0.15, -0.1) is 0 Å². The van der Waals surface area contributed by atoms with Crippen molar-refractivity contribution >= 4 is 17.6 Å². The fraction of sp³-hybridized carbons (Fsp3) is 0.370. The number of nitrogens with zero attached hydrogens (tertiary/aromatic N) is 1. The van der Waals surface area contributed by atoms with Crippen molar-refractivity contribution in [3.8, 4) is 5.75 Å². The largest absolute Gasteiger partial charge is 0.497 e. The summed E-state index contributed by atoms with van der Waals surface area (Å²) in [7, 11) is 1.42. The van der Waals surface area contributed by atoms with Crippen LogP contribution >= 0.6 is 0 Å². The van der Waals surface area contributed by atoms with Gasteiger partial charge in [-0.3, -0.25) is 14.4 Å². The number of nitrogens with one attached hydrogen (secondary N) is 1. The Labute approximate surface area is 207 Å². The molecule has 1 aliphatic heterocycles. The third-order valence-corrected chi connectivity index (χ3v) is 6.66. The van der Waals surface area contributed by atoms with E-state index >= 15 is 0 Å². The molecule has 0 aromatic heterocycles. The smallest absolute Gasteiger partial charge is 0.425 e. The Kier molecular flexibility index (Phi) is 6.45. The molecule has 0 spiro atoms. The van der Waals surface area contributed by atoms with E-state index < -0.39 is 40.3 Å². The van der Waals surface area contributed by atoms with Gasteiger partial charge in [0.25, 0.3) is 11.8 Å². The summed E-state index contributed by atoms with van der Waals surface area (Å²) in [5, 5.41) is 1.95. The fourth-order valence-electron chi connectivity index (χ4n) is 4.93. The van der Waals surface area contributed by atoms with Crippen LogP contribution in [0.15, 0.2) is 65.9 Å². The molecule has 2 aliphatic rings. The number of alkyl halides is 3. The van der Waals surface area contributed by atoms with Gasteiger partial charge in [-0.2, -0.15) is 13.2 Å². The Morgan fingerprint density at radius 3 is 2.25 bits per heavy atom. The van der Waals surface area contributed by atoms with E-state index in [9.17, 15) is 27.6 Å². The van der Waals surface area contributed by atoms with Crippen LogP contribution in [0.5, 0.6) is 5.75 Å². The molecule has 4 rings (SSSR count). The first kappa shape index (κ1) is 25.5. The third kappa shape index (κ3) is 4.38.